The molecule has 1 aliphatic carbocycles. The number of nitro groups is 1. The maximum Gasteiger partial charge on any atom is 0.269 e. The third-order valence-corrected chi connectivity index (χ3v) is 3.93. The van der Waals surface area contributed by atoms with Crippen LogP contribution >= 0.6 is 0 Å². The number of nitrogens with zero attached hydrogens (tertiary/aromatic N) is 2. The molecule has 1 atom stereocenters. The number of hydrogen-bond acceptors (Lipinski definition) is 5. The monoisotopic (exact) mass is 314 g/mol. The predicted octanol–water partition coefficient (Wildman–Crippen LogP) is 4.27. The van der Waals surface area contributed by atoms with Gasteiger partial charge < -0.3 is 9.26 Å². The Morgan fingerprint density at radius 1 is 1.30 bits per heavy atom. The van der Waals surface area contributed by atoms with E-state index in [1.807, 2.05) is 0 Å². The largest absolute Gasteiger partial charge is 0.373 e. The molecule has 6 nitrogen and oxygen atoms in total. The smallest absolute Gasteiger partial charge is 0.269 e. The van der Waals surface area contributed by atoms with Gasteiger partial charge in [0.05, 0.1) is 17.6 Å². The van der Waals surface area contributed by atoms with Gasteiger partial charge in [0, 0.05) is 23.3 Å². The number of rotatable bonds is 5. The van der Waals surface area contributed by atoms with Crippen LogP contribution in [0.5, 0.6) is 0 Å². The molecule has 1 aromatic heterocycles. The van der Waals surface area contributed by atoms with Crippen LogP contribution in [0.25, 0.3) is 11.3 Å². The standard InChI is InChI=1S/C17H18N2O4/c20-19(21)15-9-7-13(8-10-15)17-14(12-23-18-17)11-22-16-5-3-1-2-4-6-16/h1,3,7-10,12,16H,2,4-6,11H2. The first-order valence-corrected chi connectivity index (χ1v) is 7.68. The zero-order valence-electron chi connectivity index (χ0n) is 12.7. The van der Waals surface area contributed by atoms with Crippen molar-refractivity contribution in [2.45, 2.75) is 38.4 Å². The maximum absolute atomic E-state index is 10.7. The molecule has 0 radical (unpaired) electrons. The lowest BCUT2D eigenvalue weighted by Crippen LogP contribution is -2.11. The molecule has 0 spiro atoms. The summed E-state index contributed by atoms with van der Waals surface area (Å²) in [5.74, 6) is 0. The number of allylic oxidation sites excluding steroid dienone is 1. The van der Waals surface area contributed by atoms with Gasteiger partial charge >= 0.3 is 0 Å². The second kappa shape index (κ2) is 7.19. The average molecular weight is 314 g/mol. The molecule has 1 aromatic carbocycles. The van der Waals surface area contributed by atoms with Crippen molar-refractivity contribution in [1.29, 1.82) is 0 Å². The highest BCUT2D eigenvalue weighted by molar-refractivity contribution is 5.63. The minimum absolute atomic E-state index is 0.0558. The van der Waals surface area contributed by atoms with E-state index in [1.54, 1.807) is 18.4 Å². The summed E-state index contributed by atoms with van der Waals surface area (Å²) in [6.45, 7) is 0.425. The van der Waals surface area contributed by atoms with Crippen molar-refractivity contribution in [2.24, 2.45) is 0 Å². The third kappa shape index (κ3) is 3.84. The summed E-state index contributed by atoms with van der Waals surface area (Å²) in [7, 11) is 0. The van der Waals surface area contributed by atoms with Gasteiger partial charge in [0.1, 0.15) is 12.0 Å². The van der Waals surface area contributed by atoms with Crippen LogP contribution in [0.3, 0.4) is 0 Å². The summed E-state index contributed by atoms with van der Waals surface area (Å²) in [6, 6.07) is 6.28. The molecule has 0 saturated carbocycles. The summed E-state index contributed by atoms with van der Waals surface area (Å²) in [5, 5.41) is 14.7. The predicted molar refractivity (Wildman–Crippen MR) is 84.8 cm³/mol. The van der Waals surface area contributed by atoms with Gasteiger partial charge in [0.25, 0.3) is 5.69 Å². The second-order valence-electron chi connectivity index (χ2n) is 5.56. The Morgan fingerprint density at radius 3 is 2.91 bits per heavy atom. The van der Waals surface area contributed by atoms with Crippen LogP contribution in [0, 0.1) is 10.1 Å². The highest BCUT2D eigenvalue weighted by atomic mass is 16.6. The Hall–Kier alpha value is -2.47. The van der Waals surface area contributed by atoms with Crippen LogP contribution in [0.2, 0.25) is 0 Å². The molecule has 1 unspecified atom stereocenters. The van der Waals surface area contributed by atoms with E-state index in [1.165, 1.54) is 12.1 Å². The topological polar surface area (TPSA) is 78.4 Å². The first-order valence-electron chi connectivity index (χ1n) is 7.68. The van der Waals surface area contributed by atoms with Crippen LogP contribution in [0.1, 0.15) is 31.2 Å². The maximum atomic E-state index is 10.7. The zero-order chi connectivity index (χ0) is 16.1. The normalized spacial score (nSPS) is 17.8. The zero-order valence-corrected chi connectivity index (χ0v) is 12.7. The molecular formula is C17H18N2O4. The van der Waals surface area contributed by atoms with Gasteiger partial charge in [-0.3, -0.25) is 10.1 Å². The lowest BCUT2D eigenvalue weighted by molar-refractivity contribution is -0.384. The molecule has 0 aliphatic heterocycles. The SMILES string of the molecule is O=[N+]([O-])c1ccc(-c2nocc2COC2CC=CCCC2)cc1. The molecule has 23 heavy (non-hydrogen) atoms. The quantitative estimate of drug-likeness (QED) is 0.468. The molecule has 0 bridgehead atoms. The lowest BCUT2D eigenvalue weighted by atomic mass is 10.1. The molecule has 1 aliphatic rings. The molecular weight excluding hydrogens is 296 g/mol. The summed E-state index contributed by atoms with van der Waals surface area (Å²) in [4.78, 5) is 10.3. The minimum atomic E-state index is -0.420. The van der Waals surface area contributed by atoms with Crippen LogP contribution in [0.4, 0.5) is 5.69 Å². The molecule has 3 rings (SSSR count). The van der Waals surface area contributed by atoms with Crippen molar-refractivity contribution in [2.75, 3.05) is 0 Å². The van der Waals surface area contributed by atoms with Crippen LogP contribution in [-0.2, 0) is 11.3 Å². The van der Waals surface area contributed by atoms with E-state index in [4.69, 9.17) is 9.26 Å². The van der Waals surface area contributed by atoms with E-state index in [0.717, 1.165) is 36.8 Å². The summed E-state index contributed by atoms with van der Waals surface area (Å²) >= 11 is 0. The lowest BCUT2D eigenvalue weighted by Gasteiger charge is -2.14. The summed E-state index contributed by atoms with van der Waals surface area (Å²) in [5.41, 5.74) is 2.36. The van der Waals surface area contributed by atoms with Crippen molar-refractivity contribution in [3.05, 3.63) is 58.4 Å². The average Bonchev–Trinajstić information content (AvgIpc) is 2.88. The van der Waals surface area contributed by atoms with Gasteiger partial charge in [-0.25, -0.2) is 0 Å². The highest BCUT2D eigenvalue weighted by Crippen LogP contribution is 2.26. The highest BCUT2D eigenvalue weighted by Gasteiger charge is 2.15. The molecule has 0 N–H and O–H groups in total. The van der Waals surface area contributed by atoms with E-state index in [0.29, 0.717) is 12.3 Å². The van der Waals surface area contributed by atoms with E-state index < -0.39 is 4.92 Å². The number of hydrogen-bond donors (Lipinski definition) is 0. The fourth-order valence-corrected chi connectivity index (χ4v) is 2.64. The van der Waals surface area contributed by atoms with E-state index in [-0.39, 0.29) is 11.8 Å². The number of ether oxygens (including phenoxy) is 1. The summed E-state index contributed by atoms with van der Waals surface area (Å²) in [6.07, 6.45) is 10.4. The third-order valence-electron chi connectivity index (χ3n) is 3.93. The van der Waals surface area contributed by atoms with Gasteiger partial charge in [-0.2, -0.15) is 0 Å². The molecule has 1 heterocycles. The first kappa shape index (κ1) is 15.4. The van der Waals surface area contributed by atoms with Crippen LogP contribution < -0.4 is 0 Å². The molecule has 0 fully saturated rings. The Balaban J connectivity index is 1.69. The van der Waals surface area contributed by atoms with Gasteiger partial charge in [-0.15, -0.1) is 0 Å². The molecule has 0 saturated heterocycles. The van der Waals surface area contributed by atoms with Crippen molar-refractivity contribution >= 4 is 5.69 Å². The van der Waals surface area contributed by atoms with Gasteiger partial charge in [0.15, 0.2) is 0 Å². The first-order chi connectivity index (χ1) is 11.2. The number of benzene rings is 1. The van der Waals surface area contributed by atoms with E-state index in [2.05, 4.69) is 17.3 Å². The van der Waals surface area contributed by atoms with Crippen molar-refractivity contribution < 1.29 is 14.2 Å². The Kier molecular flexibility index (Phi) is 4.83. The van der Waals surface area contributed by atoms with Crippen LogP contribution in [0.15, 0.2) is 47.2 Å². The number of aromatic nitrogens is 1. The van der Waals surface area contributed by atoms with Crippen molar-refractivity contribution in [3.63, 3.8) is 0 Å². The Morgan fingerprint density at radius 2 is 2.13 bits per heavy atom. The number of non-ortho nitro benzene ring substituents is 1. The van der Waals surface area contributed by atoms with Gasteiger partial charge in [-0.1, -0.05) is 17.3 Å². The Labute approximate surface area is 133 Å². The fourth-order valence-electron chi connectivity index (χ4n) is 2.64. The Bertz CT molecular complexity index is 691. The minimum Gasteiger partial charge on any atom is -0.373 e. The van der Waals surface area contributed by atoms with Gasteiger partial charge in [0.2, 0.25) is 0 Å². The molecule has 0 amide bonds. The van der Waals surface area contributed by atoms with E-state index in [9.17, 15) is 10.1 Å². The number of nitro benzene ring substituents is 1. The van der Waals surface area contributed by atoms with E-state index >= 15 is 0 Å². The summed E-state index contributed by atoms with van der Waals surface area (Å²) < 4.78 is 11.0. The fraction of sp³-hybridized carbons (Fsp3) is 0.353. The molecule has 6 heteroatoms. The van der Waals surface area contributed by atoms with Crippen molar-refractivity contribution in [1.82, 2.24) is 5.16 Å². The molecule has 120 valence electrons. The second-order valence-corrected chi connectivity index (χ2v) is 5.56. The van der Waals surface area contributed by atoms with Crippen LogP contribution in [-0.4, -0.2) is 16.2 Å². The van der Waals surface area contributed by atoms with Crippen molar-refractivity contribution in [3.8, 4) is 11.3 Å². The molecule has 2 aromatic rings. The van der Waals surface area contributed by atoms with Gasteiger partial charge in [-0.05, 0) is 37.8 Å².